The molecule has 0 heterocycles. The van der Waals surface area contributed by atoms with Crippen molar-refractivity contribution in [2.45, 2.75) is 18.9 Å². The van der Waals surface area contributed by atoms with Gasteiger partial charge in [-0.2, -0.15) is 0 Å². The normalized spacial score (nSPS) is 16.9. The number of hydrogen-bond acceptors (Lipinski definition) is 2. The van der Waals surface area contributed by atoms with E-state index in [0.717, 1.165) is 12.8 Å². The van der Waals surface area contributed by atoms with E-state index in [-0.39, 0.29) is 11.7 Å². The molecular formula is C11H11BrFNO2. The van der Waals surface area contributed by atoms with Crippen molar-refractivity contribution in [1.29, 1.82) is 0 Å². The molecule has 2 rings (SSSR count). The zero-order valence-corrected chi connectivity index (χ0v) is 10.00. The topological polar surface area (TPSA) is 49.3 Å². The molecule has 1 aliphatic rings. The lowest BCUT2D eigenvalue weighted by atomic mass is 10.1. The Bertz CT molecular complexity index is 420. The van der Waals surface area contributed by atoms with E-state index in [2.05, 4.69) is 21.2 Å². The highest BCUT2D eigenvalue weighted by atomic mass is 79.9. The summed E-state index contributed by atoms with van der Waals surface area (Å²) in [5.74, 6) is -1.11. The molecule has 0 aliphatic heterocycles. The molecule has 0 bridgehead atoms. The van der Waals surface area contributed by atoms with Crippen LogP contribution in [-0.2, 0) is 4.79 Å². The number of rotatable bonds is 4. The van der Waals surface area contributed by atoms with Crippen molar-refractivity contribution >= 4 is 27.6 Å². The van der Waals surface area contributed by atoms with Gasteiger partial charge in [0.1, 0.15) is 11.9 Å². The maximum Gasteiger partial charge on any atom is 0.326 e. The molecule has 0 spiro atoms. The summed E-state index contributed by atoms with van der Waals surface area (Å²) in [4.78, 5) is 11.0. The predicted octanol–water partition coefficient (Wildman–Crippen LogP) is 2.86. The quantitative estimate of drug-likeness (QED) is 0.895. The van der Waals surface area contributed by atoms with Crippen LogP contribution in [0, 0.1) is 11.7 Å². The molecule has 0 aromatic heterocycles. The van der Waals surface area contributed by atoms with E-state index in [1.54, 1.807) is 6.07 Å². The van der Waals surface area contributed by atoms with E-state index < -0.39 is 12.0 Å². The first-order valence-corrected chi connectivity index (χ1v) is 5.81. The van der Waals surface area contributed by atoms with Gasteiger partial charge in [0.05, 0.1) is 5.69 Å². The molecule has 1 saturated carbocycles. The first kappa shape index (κ1) is 11.4. The maximum atomic E-state index is 13.0. The molecule has 1 atom stereocenters. The maximum absolute atomic E-state index is 13.0. The van der Waals surface area contributed by atoms with Crippen LogP contribution in [0.15, 0.2) is 22.7 Å². The van der Waals surface area contributed by atoms with Crippen molar-refractivity contribution in [3.05, 3.63) is 28.5 Å². The first-order valence-electron chi connectivity index (χ1n) is 5.02. The minimum absolute atomic E-state index is 0.160. The van der Waals surface area contributed by atoms with Gasteiger partial charge < -0.3 is 10.4 Å². The van der Waals surface area contributed by atoms with Crippen LogP contribution in [0.25, 0.3) is 0 Å². The Morgan fingerprint density at radius 1 is 1.56 bits per heavy atom. The minimum atomic E-state index is -0.890. The SMILES string of the molecule is O=C(O)C(Nc1cc(F)ccc1Br)C1CC1. The van der Waals surface area contributed by atoms with Gasteiger partial charge in [0.2, 0.25) is 0 Å². The van der Waals surface area contributed by atoms with E-state index in [1.165, 1.54) is 12.1 Å². The molecule has 16 heavy (non-hydrogen) atoms. The van der Waals surface area contributed by atoms with E-state index >= 15 is 0 Å². The third-order valence-electron chi connectivity index (χ3n) is 2.60. The van der Waals surface area contributed by atoms with Gasteiger partial charge in [0.15, 0.2) is 0 Å². The summed E-state index contributed by atoms with van der Waals surface area (Å²) in [5, 5.41) is 11.9. The molecule has 1 unspecified atom stereocenters. The van der Waals surface area contributed by atoms with E-state index in [1.807, 2.05) is 0 Å². The molecule has 1 aromatic carbocycles. The Balaban J connectivity index is 2.17. The monoisotopic (exact) mass is 287 g/mol. The lowest BCUT2D eigenvalue weighted by Crippen LogP contribution is -2.31. The Kier molecular flexibility index (Phi) is 3.14. The third-order valence-corrected chi connectivity index (χ3v) is 3.29. The van der Waals surface area contributed by atoms with Gasteiger partial charge in [-0.3, -0.25) is 0 Å². The molecule has 0 radical (unpaired) electrons. The standard InChI is InChI=1S/C11H11BrFNO2/c12-8-4-3-7(13)5-9(8)14-10(11(15)16)6-1-2-6/h3-6,10,14H,1-2H2,(H,15,16). The number of nitrogens with one attached hydrogen (secondary N) is 1. The van der Waals surface area contributed by atoms with Crippen LogP contribution in [0.4, 0.5) is 10.1 Å². The van der Waals surface area contributed by atoms with Crippen LogP contribution in [0.2, 0.25) is 0 Å². The summed E-state index contributed by atoms with van der Waals surface area (Å²) < 4.78 is 13.7. The van der Waals surface area contributed by atoms with E-state index in [9.17, 15) is 9.18 Å². The molecule has 0 amide bonds. The van der Waals surface area contributed by atoms with Gasteiger partial charge in [0, 0.05) is 4.47 Å². The van der Waals surface area contributed by atoms with Crippen molar-refractivity contribution in [3.63, 3.8) is 0 Å². The summed E-state index contributed by atoms with van der Waals surface area (Å²) in [6.45, 7) is 0. The van der Waals surface area contributed by atoms with Gasteiger partial charge >= 0.3 is 5.97 Å². The zero-order chi connectivity index (χ0) is 11.7. The lowest BCUT2D eigenvalue weighted by molar-refractivity contribution is -0.138. The minimum Gasteiger partial charge on any atom is -0.480 e. The number of halogens is 2. The molecule has 3 nitrogen and oxygen atoms in total. The Labute approximate surface area is 101 Å². The van der Waals surface area contributed by atoms with Crippen LogP contribution in [-0.4, -0.2) is 17.1 Å². The average Bonchev–Trinajstić information content (AvgIpc) is 3.02. The molecule has 5 heteroatoms. The van der Waals surface area contributed by atoms with Crippen molar-refractivity contribution in [1.82, 2.24) is 0 Å². The van der Waals surface area contributed by atoms with Crippen molar-refractivity contribution in [3.8, 4) is 0 Å². The van der Waals surface area contributed by atoms with Gasteiger partial charge in [-0.25, -0.2) is 9.18 Å². The number of hydrogen-bond donors (Lipinski definition) is 2. The van der Waals surface area contributed by atoms with E-state index in [4.69, 9.17) is 5.11 Å². The summed E-state index contributed by atoms with van der Waals surface area (Å²) in [6, 6.07) is 3.55. The molecule has 1 fully saturated rings. The second-order valence-corrected chi connectivity index (χ2v) is 4.78. The number of anilines is 1. The van der Waals surface area contributed by atoms with Crippen LogP contribution < -0.4 is 5.32 Å². The van der Waals surface area contributed by atoms with Gasteiger partial charge in [-0.1, -0.05) is 0 Å². The lowest BCUT2D eigenvalue weighted by Gasteiger charge is -2.16. The largest absolute Gasteiger partial charge is 0.480 e. The summed E-state index contributed by atoms with van der Waals surface area (Å²) in [6.07, 6.45) is 1.83. The van der Waals surface area contributed by atoms with Crippen molar-refractivity contribution in [2.24, 2.45) is 5.92 Å². The Hall–Kier alpha value is -1.10. The van der Waals surface area contributed by atoms with Gasteiger partial charge in [-0.15, -0.1) is 0 Å². The second kappa shape index (κ2) is 4.41. The fraction of sp³-hybridized carbons (Fsp3) is 0.364. The number of carboxylic acid groups (broad SMARTS) is 1. The van der Waals surface area contributed by atoms with Crippen LogP contribution in [0.3, 0.4) is 0 Å². The van der Waals surface area contributed by atoms with Gasteiger partial charge in [-0.05, 0) is 52.9 Å². The van der Waals surface area contributed by atoms with Crippen LogP contribution in [0.1, 0.15) is 12.8 Å². The summed E-state index contributed by atoms with van der Waals surface area (Å²) in [5.41, 5.74) is 0.485. The molecule has 2 N–H and O–H groups in total. The summed E-state index contributed by atoms with van der Waals surface area (Å²) >= 11 is 3.26. The van der Waals surface area contributed by atoms with E-state index in [0.29, 0.717) is 10.2 Å². The highest BCUT2D eigenvalue weighted by Crippen LogP contribution is 2.35. The molecule has 1 aliphatic carbocycles. The van der Waals surface area contributed by atoms with Crippen LogP contribution >= 0.6 is 15.9 Å². The fourth-order valence-electron chi connectivity index (χ4n) is 1.59. The number of carboxylic acids is 1. The van der Waals surface area contributed by atoms with Crippen molar-refractivity contribution < 1.29 is 14.3 Å². The summed E-state index contributed by atoms with van der Waals surface area (Å²) in [7, 11) is 0. The highest BCUT2D eigenvalue weighted by Gasteiger charge is 2.36. The predicted molar refractivity (Wildman–Crippen MR) is 61.9 cm³/mol. The molecule has 0 saturated heterocycles. The molecule has 86 valence electrons. The first-order chi connectivity index (χ1) is 7.58. The van der Waals surface area contributed by atoms with Gasteiger partial charge in [0.25, 0.3) is 0 Å². The third kappa shape index (κ3) is 2.52. The fourth-order valence-corrected chi connectivity index (χ4v) is 1.95. The second-order valence-electron chi connectivity index (χ2n) is 3.92. The average molecular weight is 288 g/mol. The number of carbonyl (C=O) groups is 1. The Morgan fingerprint density at radius 2 is 2.25 bits per heavy atom. The number of benzene rings is 1. The molecule has 1 aromatic rings. The number of aliphatic carboxylic acids is 1. The van der Waals surface area contributed by atoms with Crippen molar-refractivity contribution in [2.75, 3.05) is 5.32 Å². The zero-order valence-electron chi connectivity index (χ0n) is 8.41. The smallest absolute Gasteiger partial charge is 0.326 e. The Morgan fingerprint density at radius 3 is 2.81 bits per heavy atom. The highest BCUT2D eigenvalue weighted by molar-refractivity contribution is 9.10. The van der Waals surface area contributed by atoms with Crippen LogP contribution in [0.5, 0.6) is 0 Å². The molecular weight excluding hydrogens is 277 g/mol.